The Morgan fingerprint density at radius 1 is 0.885 bits per heavy atom. The highest BCUT2D eigenvalue weighted by Crippen LogP contribution is 2.18. The molecule has 0 aliphatic carbocycles. The van der Waals surface area contributed by atoms with Crippen molar-refractivity contribution in [3.63, 3.8) is 0 Å². The van der Waals surface area contributed by atoms with Crippen molar-refractivity contribution in [1.29, 1.82) is 0 Å². The third kappa shape index (κ3) is 6.19. The fraction of sp³-hybridized carbons (Fsp3) is 0.222. The first-order valence-corrected chi connectivity index (χ1v) is 7.72. The molecule has 2 N–H and O–H groups in total. The van der Waals surface area contributed by atoms with E-state index in [2.05, 4.69) is 5.32 Å². The second kappa shape index (κ2) is 8.46. The van der Waals surface area contributed by atoms with Gasteiger partial charge in [0.15, 0.2) is 0 Å². The summed E-state index contributed by atoms with van der Waals surface area (Å²) in [6, 6.07) is 11.5. The van der Waals surface area contributed by atoms with E-state index in [0.29, 0.717) is 12.0 Å². The minimum absolute atomic E-state index is 0.0127. The van der Waals surface area contributed by atoms with Crippen molar-refractivity contribution < 1.29 is 27.2 Å². The van der Waals surface area contributed by atoms with Crippen LogP contribution in [-0.4, -0.2) is 18.0 Å². The molecule has 2 amide bonds. The van der Waals surface area contributed by atoms with Gasteiger partial charge in [0.05, 0.1) is 0 Å². The molecule has 2 aromatic carbocycles. The lowest BCUT2D eigenvalue weighted by Gasteiger charge is -2.09. The van der Waals surface area contributed by atoms with Gasteiger partial charge in [0.1, 0.15) is 5.82 Å². The highest BCUT2D eigenvalue weighted by molar-refractivity contribution is 5.94. The van der Waals surface area contributed by atoms with E-state index in [1.165, 1.54) is 36.4 Å². The molecule has 0 bridgehead atoms. The maximum atomic E-state index is 12.8. The van der Waals surface area contributed by atoms with Crippen molar-refractivity contribution in [2.75, 3.05) is 5.32 Å². The second-order valence-corrected chi connectivity index (χ2v) is 5.55. The Kier molecular flexibility index (Phi) is 6.32. The Bertz CT molecular complexity index is 756. The molecule has 4 nitrogen and oxygen atoms in total. The van der Waals surface area contributed by atoms with Gasteiger partial charge in [-0.05, 0) is 41.8 Å². The van der Waals surface area contributed by atoms with Crippen LogP contribution >= 0.6 is 0 Å². The minimum Gasteiger partial charge on any atom is -0.352 e. The molecule has 0 saturated carbocycles. The molecule has 0 aliphatic heterocycles. The molecule has 26 heavy (non-hydrogen) atoms. The van der Waals surface area contributed by atoms with Gasteiger partial charge in [-0.15, -0.1) is 0 Å². The smallest absolute Gasteiger partial charge is 0.352 e. The zero-order valence-electron chi connectivity index (χ0n) is 13.6. The van der Waals surface area contributed by atoms with Crippen molar-refractivity contribution in [3.05, 3.63) is 65.5 Å². The number of aryl methyl sites for hydroxylation is 1. The number of hydrogen-bond donors (Lipinski definition) is 2. The van der Waals surface area contributed by atoms with Crippen molar-refractivity contribution >= 4 is 17.5 Å². The summed E-state index contributed by atoms with van der Waals surface area (Å²) < 4.78 is 49.3. The maximum absolute atomic E-state index is 12.8. The molecule has 0 atom stereocenters. The number of halogens is 4. The molecule has 0 aliphatic rings. The lowest BCUT2D eigenvalue weighted by molar-refractivity contribution is -0.167. The van der Waals surface area contributed by atoms with E-state index in [0.717, 1.165) is 5.56 Å². The first-order chi connectivity index (χ1) is 12.2. The first-order valence-electron chi connectivity index (χ1n) is 7.72. The number of alkyl halides is 3. The van der Waals surface area contributed by atoms with Gasteiger partial charge >= 0.3 is 12.1 Å². The van der Waals surface area contributed by atoms with Crippen LogP contribution in [-0.2, 0) is 22.6 Å². The average molecular weight is 368 g/mol. The Hall–Kier alpha value is -2.90. The van der Waals surface area contributed by atoms with Crippen LogP contribution in [0.15, 0.2) is 48.5 Å². The number of hydrogen-bond acceptors (Lipinski definition) is 2. The molecular weight excluding hydrogens is 352 g/mol. The van der Waals surface area contributed by atoms with E-state index in [1.807, 2.05) is 0 Å². The number of benzene rings is 2. The molecule has 0 heterocycles. The fourth-order valence-corrected chi connectivity index (χ4v) is 2.11. The van der Waals surface area contributed by atoms with E-state index < -0.39 is 12.1 Å². The minimum atomic E-state index is -4.95. The molecule has 0 spiro atoms. The molecule has 0 fully saturated rings. The predicted molar refractivity (Wildman–Crippen MR) is 87.7 cm³/mol. The van der Waals surface area contributed by atoms with Gasteiger partial charge in [0.2, 0.25) is 5.91 Å². The molecule has 0 radical (unpaired) electrons. The van der Waals surface area contributed by atoms with Crippen LogP contribution in [0.5, 0.6) is 0 Å². The van der Waals surface area contributed by atoms with Gasteiger partial charge in [-0.25, -0.2) is 4.39 Å². The summed E-state index contributed by atoms with van der Waals surface area (Å²) in [6.07, 6.45) is -4.25. The van der Waals surface area contributed by atoms with Gasteiger partial charge < -0.3 is 10.6 Å². The monoisotopic (exact) mass is 368 g/mol. The van der Waals surface area contributed by atoms with Crippen molar-refractivity contribution in [2.24, 2.45) is 0 Å². The van der Waals surface area contributed by atoms with Gasteiger partial charge in [-0.1, -0.05) is 24.3 Å². The van der Waals surface area contributed by atoms with Crippen LogP contribution in [0.2, 0.25) is 0 Å². The third-order valence-corrected chi connectivity index (χ3v) is 3.51. The summed E-state index contributed by atoms with van der Waals surface area (Å²) >= 11 is 0. The van der Waals surface area contributed by atoms with Crippen LogP contribution in [0, 0.1) is 5.82 Å². The first kappa shape index (κ1) is 19.4. The lowest BCUT2D eigenvalue weighted by atomic mass is 10.1. The van der Waals surface area contributed by atoms with Gasteiger partial charge in [0, 0.05) is 18.7 Å². The van der Waals surface area contributed by atoms with Gasteiger partial charge in [0.25, 0.3) is 0 Å². The van der Waals surface area contributed by atoms with Gasteiger partial charge in [-0.3, -0.25) is 9.59 Å². The average Bonchev–Trinajstić information content (AvgIpc) is 2.60. The zero-order chi connectivity index (χ0) is 19.2. The molecule has 2 aromatic rings. The molecule has 0 aromatic heterocycles. The predicted octanol–water partition coefficient (Wildman–Crippen LogP) is 3.58. The van der Waals surface area contributed by atoms with E-state index in [1.54, 1.807) is 17.4 Å². The quantitative estimate of drug-likeness (QED) is 0.766. The fourth-order valence-electron chi connectivity index (χ4n) is 2.11. The number of carbonyl (C=O) groups is 2. The Balaban J connectivity index is 1.77. The largest absolute Gasteiger partial charge is 0.471 e. The van der Waals surface area contributed by atoms with E-state index >= 15 is 0 Å². The number of anilines is 1. The Morgan fingerprint density at radius 3 is 2.04 bits per heavy atom. The number of amides is 2. The van der Waals surface area contributed by atoms with Crippen LogP contribution in [0.3, 0.4) is 0 Å². The summed E-state index contributed by atoms with van der Waals surface area (Å²) in [5.74, 6) is -2.59. The molecular formula is C18H16F4N2O2. The van der Waals surface area contributed by atoms with E-state index in [-0.39, 0.29) is 30.4 Å². The summed E-state index contributed by atoms with van der Waals surface area (Å²) in [5.41, 5.74) is 1.52. The number of nitrogens with one attached hydrogen (secondary N) is 2. The third-order valence-electron chi connectivity index (χ3n) is 3.51. The summed E-state index contributed by atoms with van der Waals surface area (Å²) in [5, 5.41) is 4.42. The van der Waals surface area contributed by atoms with Crippen LogP contribution in [0.25, 0.3) is 0 Å². The highest BCUT2D eigenvalue weighted by Gasteiger charge is 2.38. The maximum Gasteiger partial charge on any atom is 0.471 e. The normalized spacial score (nSPS) is 11.1. The standard InChI is InChI=1S/C18H16F4N2O2/c19-14-6-1-12(2-7-14)5-10-16(25)23-11-13-3-8-15(9-4-13)24-17(26)18(20,21)22/h1-4,6-9H,5,10-11H2,(H,23,25)(H,24,26). The van der Waals surface area contributed by atoms with Crippen LogP contribution in [0.4, 0.5) is 23.2 Å². The van der Waals surface area contributed by atoms with E-state index in [4.69, 9.17) is 0 Å². The Labute approximate surface area is 147 Å². The highest BCUT2D eigenvalue weighted by atomic mass is 19.4. The van der Waals surface area contributed by atoms with Crippen LogP contribution in [0.1, 0.15) is 17.5 Å². The molecule has 138 valence electrons. The van der Waals surface area contributed by atoms with Crippen molar-refractivity contribution in [2.45, 2.75) is 25.6 Å². The van der Waals surface area contributed by atoms with Gasteiger partial charge in [-0.2, -0.15) is 13.2 Å². The second-order valence-electron chi connectivity index (χ2n) is 5.55. The summed E-state index contributed by atoms with van der Waals surface area (Å²) in [4.78, 5) is 22.6. The van der Waals surface area contributed by atoms with E-state index in [9.17, 15) is 27.2 Å². The topological polar surface area (TPSA) is 58.2 Å². The van der Waals surface area contributed by atoms with Crippen molar-refractivity contribution in [1.82, 2.24) is 5.32 Å². The van der Waals surface area contributed by atoms with Crippen LogP contribution < -0.4 is 10.6 Å². The summed E-state index contributed by atoms with van der Waals surface area (Å²) in [6.45, 7) is 0.204. The lowest BCUT2D eigenvalue weighted by Crippen LogP contribution is -2.29. The molecule has 8 heteroatoms. The zero-order valence-corrected chi connectivity index (χ0v) is 13.6. The van der Waals surface area contributed by atoms with Crippen molar-refractivity contribution in [3.8, 4) is 0 Å². The summed E-state index contributed by atoms with van der Waals surface area (Å²) in [7, 11) is 0. The SMILES string of the molecule is O=C(CCc1ccc(F)cc1)NCc1ccc(NC(=O)C(F)(F)F)cc1. The molecule has 2 rings (SSSR count). The molecule has 0 unspecified atom stereocenters. The number of carbonyl (C=O) groups excluding carboxylic acids is 2. The molecule has 0 saturated heterocycles. The Morgan fingerprint density at radius 2 is 1.46 bits per heavy atom. The number of rotatable bonds is 6.